The molecule has 6 nitrogen and oxygen atoms in total. The van der Waals surface area contributed by atoms with Gasteiger partial charge < -0.3 is 13.6 Å². The molecule has 276 valence electrons. The van der Waals surface area contributed by atoms with Crippen molar-refractivity contribution in [3.8, 4) is 56.9 Å². The van der Waals surface area contributed by atoms with Gasteiger partial charge >= 0.3 is 0 Å². The molecule has 6 heteroatoms. The van der Waals surface area contributed by atoms with Crippen molar-refractivity contribution < 1.29 is 4.42 Å². The van der Waals surface area contributed by atoms with Gasteiger partial charge in [0.2, 0.25) is 0 Å². The summed E-state index contributed by atoms with van der Waals surface area (Å²) in [6, 6.07) is 69.9. The number of hydrogen-bond acceptors (Lipinski definition) is 4. The fourth-order valence-corrected chi connectivity index (χ4v) is 8.69. The Bertz CT molecular complexity index is 3300. The summed E-state index contributed by atoms with van der Waals surface area (Å²) in [5, 5.41) is 5.76. The van der Waals surface area contributed by atoms with Gasteiger partial charge in [-0.2, -0.15) is 0 Å². The zero-order chi connectivity index (χ0) is 38.9. The average molecular weight is 756 g/mol. The van der Waals surface area contributed by atoms with Gasteiger partial charge in [0.1, 0.15) is 5.58 Å². The fourth-order valence-electron chi connectivity index (χ4n) is 8.69. The molecule has 12 aromatic rings. The van der Waals surface area contributed by atoms with Crippen molar-refractivity contribution in [3.63, 3.8) is 0 Å². The average Bonchev–Trinajstić information content (AvgIpc) is 4.00. The van der Waals surface area contributed by atoms with Gasteiger partial charge in [0.15, 0.2) is 23.2 Å². The van der Waals surface area contributed by atoms with Crippen molar-refractivity contribution in [2.45, 2.75) is 0 Å². The number of hydrogen-bond donors (Lipinski definition) is 0. The Morgan fingerprint density at radius 3 is 1.36 bits per heavy atom. The van der Waals surface area contributed by atoms with Crippen LogP contribution in [0.2, 0.25) is 0 Å². The Hall–Kier alpha value is -8.09. The quantitative estimate of drug-likeness (QED) is 0.170. The molecule has 0 spiro atoms. The van der Waals surface area contributed by atoms with Crippen molar-refractivity contribution in [2.75, 3.05) is 0 Å². The first kappa shape index (κ1) is 33.1. The molecule has 8 aromatic carbocycles. The maximum absolute atomic E-state index is 6.43. The molecule has 4 heterocycles. The molecule has 4 aromatic heterocycles. The summed E-state index contributed by atoms with van der Waals surface area (Å²) in [7, 11) is 0. The third-order valence-electron chi connectivity index (χ3n) is 11.3. The van der Waals surface area contributed by atoms with E-state index in [1.165, 1.54) is 21.5 Å². The van der Waals surface area contributed by atoms with E-state index in [1.54, 1.807) is 0 Å². The third kappa shape index (κ3) is 5.46. The number of rotatable bonds is 6. The zero-order valence-electron chi connectivity index (χ0n) is 31.7. The summed E-state index contributed by atoms with van der Waals surface area (Å²) in [5.41, 5.74) is 11.2. The molecule has 12 rings (SSSR count). The Morgan fingerprint density at radius 2 is 0.780 bits per heavy atom. The lowest BCUT2D eigenvalue weighted by Gasteiger charge is -2.16. The van der Waals surface area contributed by atoms with E-state index in [9.17, 15) is 0 Å². The van der Waals surface area contributed by atoms with Crippen LogP contribution < -0.4 is 0 Å². The molecule has 0 saturated carbocycles. The van der Waals surface area contributed by atoms with Gasteiger partial charge in [0.05, 0.1) is 22.1 Å². The van der Waals surface area contributed by atoms with E-state index < -0.39 is 0 Å². The molecule has 0 radical (unpaired) electrons. The molecule has 0 aliphatic heterocycles. The fraction of sp³-hybridized carbons (Fsp3) is 0. The topological polar surface area (TPSA) is 61.7 Å². The SMILES string of the molecule is c1ccc(-c2cccc(-c3nc(-c4cc(-n5c6ccccc6c6ccccc65)cc(-n5c6ccccc6c6ccccc65)c4)nc(-c4cc5ccccc5o4)n3)c2)cc1. The molecule has 0 aliphatic carbocycles. The third-order valence-corrected chi connectivity index (χ3v) is 11.3. The summed E-state index contributed by atoms with van der Waals surface area (Å²) in [5.74, 6) is 2.15. The van der Waals surface area contributed by atoms with E-state index in [0.29, 0.717) is 23.2 Å². The molecule has 0 N–H and O–H groups in total. The van der Waals surface area contributed by atoms with E-state index in [2.05, 4.69) is 173 Å². The zero-order valence-corrected chi connectivity index (χ0v) is 31.7. The Morgan fingerprint density at radius 1 is 0.322 bits per heavy atom. The lowest BCUT2D eigenvalue weighted by atomic mass is 10.0. The first-order valence-corrected chi connectivity index (χ1v) is 19.8. The molecule has 0 atom stereocenters. The molecule has 0 amide bonds. The number of para-hydroxylation sites is 5. The molecule has 0 fully saturated rings. The highest BCUT2D eigenvalue weighted by Crippen LogP contribution is 2.38. The molecule has 0 unspecified atom stereocenters. The van der Waals surface area contributed by atoms with E-state index in [-0.39, 0.29) is 0 Å². The van der Waals surface area contributed by atoms with Crippen LogP contribution >= 0.6 is 0 Å². The lowest BCUT2D eigenvalue weighted by Crippen LogP contribution is -2.03. The van der Waals surface area contributed by atoms with Crippen LogP contribution in [0.25, 0.3) is 111 Å². The molecule has 0 aliphatic rings. The smallest absolute Gasteiger partial charge is 0.199 e. The summed E-state index contributed by atoms with van der Waals surface area (Å²) in [4.78, 5) is 15.6. The molecule has 0 saturated heterocycles. The van der Waals surface area contributed by atoms with Gasteiger partial charge in [-0.25, -0.2) is 15.0 Å². The van der Waals surface area contributed by atoms with Crippen LogP contribution in [0, 0.1) is 0 Å². The lowest BCUT2D eigenvalue weighted by molar-refractivity contribution is 0.625. The predicted molar refractivity (Wildman–Crippen MR) is 240 cm³/mol. The van der Waals surface area contributed by atoms with Crippen molar-refractivity contribution in [1.82, 2.24) is 24.1 Å². The minimum absolute atomic E-state index is 0.465. The second kappa shape index (κ2) is 13.3. The van der Waals surface area contributed by atoms with Gasteiger partial charge in [-0.3, -0.25) is 0 Å². The molecule has 59 heavy (non-hydrogen) atoms. The van der Waals surface area contributed by atoms with Gasteiger partial charge in [0, 0.05) is 49.4 Å². The summed E-state index contributed by atoms with van der Waals surface area (Å²) >= 11 is 0. The Balaban J connectivity index is 1.15. The molecule has 0 bridgehead atoms. The number of aromatic nitrogens is 5. The van der Waals surface area contributed by atoms with Crippen LogP contribution in [-0.4, -0.2) is 24.1 Å². The Labute approximate surface area is 338 Å². The largest absolute Gasteiger partial charge is 0.453 e. The van der Waals surface area contributed by atoms with Gasteiger partial charge in [0.25, 0.3) is 0 Å². The van der Waals surface area contributed by atoms with Crippen LogP contribution in [0.1, 0.15) is 0 Å². The number of benzene rings is 8. The maximum atomic E-state index is 6.43. The normalized spacial score (nSPS) is 11.7. The van der Waals surface area contributed by atoms with E-state index in [0.717, 1.165) is 66.7 Å². The van der Waals surface area contributed by atoms with Gasteiger partial charge in [-0.15, -0.1) is 0 Å². The summed E-state index contributed by atoms with van der Waals surface area (Å²) < 4.78 is 11.1. The first-order valence-electron chi connectivity index (χ1n) is 19.8. The Kier molecular flexibility index (Phi) is 7.43. The molecular weight excluding hydrogens is 723 g/mol. The van der Waals surface area contributed by atoms with Gasteiger partial charge in [-0.05, 0) is 71.8 Å². The van der Waals surface area contributed by atoms with E-state index in [4.69, 9.17) is 19.4 Å². The number of nitrogens with zero attached hydrogens (tertiary/aromatic N) is 5. The van der Waals surface area contributed by atoms with Crippen LogP contribution in [0.3, 0.4) is 0 Å². The summed E-state index contributed by atoms with van der Waals surface area (Å²) in [6.07, 6.45) is 0. The van der Waals surface area contributed by atoms with Crippen LogP contribution in [-0.2, 0) is 0 Å². The van der Waals surface area contributed by atoms with E-state index >= 15 is 0 Å². The van der Waals surface area contributed by atoms with Crippen molar-refractivity contribution in [3.05, 3.63) is 200 Å². The van der Waals surface area contributed by atoms with Crippen LogP contribution in [0.4, 0.5) is 0 Å². The van der Waals surface area contributed by atoms with Crippen molar-refractivity contribution >= 4 is 54.6 Å². The predicted octanol–water partition coefficient (Wildman–Crippen LogP) is 13.5. The molecular formula is C53H33N5O. The minimum atomic E-state index is 0.465. The van der Waals surface area contributed by atoms with Crippen molar-refractivity contribution in [2.24, 2.45) is 0 Å². The highest BCUT2D eigenvalue weighted by molar-refractivity contribution is 6.10. The number of furan rings is 1. The monoisotopic (exact) mass is 755 g/mol. The van der Waals surface area contributed by atoms with Crippen LogP contribution in [0.5, 0.6) is 0 Å². The van der Waals surface area contributed by atoms with Crippen LogP contribution in [0.15, 0.2) is 205 Å². The highest BCUT2D eigenvalue weighted by atomic mass is 16.3. The standard InChI is InChI=1S/C53H33N5O/c1-2-15-34(16-3-1)35-18-14-19-37(29-35)51-54-52(56-53(55-51)50-32-36-17-4-13-28-49(36)59-50)38-30-39(57-45-24-9-5-20-41(45)42-21-6-10-25-46(42)57)33-40(31-38)58-47-26-11-7-22-43(47)44-23-8-12-27-48(44)58/h1-33H. The second-order valence-electron chi connectivity index (χ2n) is 14.9. The highest BCUT2D eigenvalue weighted by Gasteiger charge is 2.21. The van der Waals surface area contributed by atoms with Gasteiger partial charge in [-0.1, -0.05) is 140 Å². The second-order valence-corrected chi connectivity index (χ2v) is 14.9. The summed E-state index contributed by atoms with van der Waals surface area (Å²) in [6.45, 7) is 0. The maximum Gasteiger partial charge on any atom is 0.199 e. The number of fused-ring (bicyclic) bond motifs is 7. The van der Waals surface area contributed by atoms with Crippen molar-refractivity contribution in [1.29, 1.82) is 0 Å². The minimum Gasteiger partial charge on any atom is -0.453 e. The first-order chi connectivity index (χ1) is 29.2. The van der Waals surface area contributed by atoms with E-state index in [1.807, 2.05) is 36.4 Å².